The van der Waals surface area contributed by atoms with Crippen LogP contribution in [0.15, 0.2) is 12.4 Å². The average Bonchev–Trinajstić information content (AvgIpc) is 2.92. The van der Waals surface area contributed by atoms with E-state index in [2.05, 4.69) is 40.1 Å². The van der Waals surface area contributed by atoms with Gasteiger partial charge in [0.1, 0.15) is 12.1 Å². The summed E-state index contributed by atoms with van der Waals surface area (Å²) < 4.78 is 0. The van der Waals surface area contributed by atoms with E-state index in [-0.39, 0.29) is 0 Å². The summed E-state index contributed by atoms with van der Waals surface area (Å²) >= 11 is 0. The third kappa shape index (κ3) is 4.16. The molecule has 1 aromatic heterocycles. The Morgan fingerprint density at radius 1 is 1.32 bits per heavy atom. The lowest BCUT2D eigenvalue weighted by Crippen LogP contribution is -2.38. The van der Waals surface area contributed by atoms with Crippen LogP contribution < -0.4 is 10.2 Å². The third-order valence-electron chi connectivity index (χ3n) is 3.64. The second kappa shape index (κ2) is 7.43. The van der Waals surface area contributed by atoms with Crippen LogP contribution in [0.25, 0.3) is 0 Å². The summed E-state index contributed by atoms with van der Waals surface area (Å²) in [6.45, 7) is 7.71. The van der Waals surface area contributed by atoms with Crippen LogP contribution in [-0.4, -0.2) is 35.6 Å². The van der Waals surface area contributed by atoms with Crippen molar-refractivity contribution in [2.24, 2.45) is 0 Å². The van der Waals surface area contributed by atoms with Gasteiger partial charge in [-0.3, -0.25) is 0 Å². The van der Waals surface area contributed by atoms with E-state index in [0.29, 0.717) is 6.04 Å². The minimum Gasteiger partial charge on any atom is -0.355 e. The van der Waals surface area contributed by atoms with Gasteiger partial charge in [0.25, 0.3) is 0 Å². The molecule has 0 bridgehead atoms. The Labute approximate surface area is 116 Å². The largest absolute Gasteiger partial charge is 0.355 e. The van der Waals surface area contributed by atoms with Gasteiger partial charge in [0.15, 0.2) is 0 Å². The number of nitrogens with one attached hydrogen (secondary N) is 1. The van der Waals surface area contributed by atoms with E-state index >= 15 is 0 Å². The van der Waals surface area contributed by atoms with E-state index < -0.39 is 0 Å². The fraction of sp³-hybridized carbons (Fsp3) is 0.733. The zero-order valence-corrected chi connectivity index (χ0v) is 12.2. The molecule has 1 unspecified atom stereocenters. The minimum absolute atomic E-state index is 0.621. The average molecular weight is 262 g/mol. The topological polar surface area (TPSA) is 41.0 Å². The number of anilines is 1. The molecule has 2 rings (SSSR count). The molecule has 4 heteroatoms. The molecule has 1 fully saturated rings. The van der Waals surface area contributed by atoms with Crippen LogP contribution in [-0.2, 0) is 6.42 Å². The molecule has 1 atom stereocenters. The summed E-state index contributed by atoms with van der Waals surface area (Å²) in [7, 11) is 0. The van der Waals surface area contributed by atoms with E-state index in [1.165, 1.54) is 12.8 Å². The Kier molecular flexibility index (Phi) is 5.58. The van der Waals surface area contributed by atoms with Crippen molar-refractivity contribution in [1.29, 1.82) is 0 Å². The molecule has 0 radical (unpaired) electrons. The molecule has 0 saturated carbocycles. The molecule has 4 nitrogen and oxygen atoms in total. The van der Waals surface area contributed by atoms with Crippen molar-refractivity contribution in [3.8, 4) is 0 Å². The van der Waals surface area contributed by atoms with E-state index in [0.717, 1.165) is 50.4 Å². The van der Waals surface area contributed by atoms with Crippen LogP contribution in [0, 0.1) is 0 Å². The Bertz CT molecular complexity index is 374. The predicted octanol–water partition coefficient (Wildman–Crippen LogP) is 2.40. The van der Waals surface area contributed by atoms with Crippen molar-refractivity contribution < 1.29 is 0 Å². The molecule has 1 N–H and O–H groups in total. The van der Waals surface area contributed by atoms with Crippen molar-refractivity contribution in [3.05, 3.63) is 18.1 Å². The fourth-order valence-corrected chi connectivity index (χ4v) is 2.70. The first-order chi connectivity index (χ1) is 9.33. The molecule has 1 saturated heterocycles. The maximum atomic E-state index is 4.47. The Hall–Kier alpha value is -1.16. The van der Waals surface area contributed by atoms with E-state index in [9.17, 15) is 0 Å². The fourth-order valence-electron chi connectivity index (χ4n) is 2.70. The quantitative estimate of drug-likeness (QED) is 0.819. The maximum Gasteiger partial charge on any atom is 0.132 e. The molecular weight excluding hydrogens is 236 g/mol. The number of aromatic nitrogens is 2. The van der Waals surface area contributed by atoms with Crippen LogP contribution in [0.2, 0.25) is 0 Å². The van der Waals surface area contributed by atoms with Gasteiger partial charge in [-0.1, -0.05) is 20.3 Å². The summed E-state index contributed by atoms with van der Waals surface area (Å²) in [4.78, 5) is 11.2. The monoisotopic (exact) mass is 262 g/mol. The normalized spacial score (nSPS) is 18.7. The first-order valence-electron chi connectivity index (χ1n) is 7.62. The van der Waals surface area contributed by atoms with Gasteiger partial charge in [0, 0.05) is 30.9 Å². The van der Waals surface area contributed by atoms with Crippen molar-refractivity contribution in [1.82, 2.24) is 15.3 Å². The van der Waals surface area contributed by atoms with Crippen LogP contribution >= 0.6 is 0 Å². The van der Waals surface area contributed by atoms with Gasteiger partial charge in [0.2, 0.25) is 0 Å². The second-order valence-corrected chi connectivity index (χ2v) is 5.36. The van der Waals surface area contributed by atoms with Gasteiger partial charge in [-0.15, -0.1) is 0 Å². The molecule has 0 spiro atoms. The molecule has 0 amide bonds. The highest BCUT2D eigenvalue weighted by Gasteiger charge is 2.18. The molecule has 1 aromatic rings. The number of rotatable bonds is 7. The van der Waals surface area contributed by atoms with Crippen molar-refractivity contribution in [2.75, 3.05) is 24.5 Å². The summed E-state index contributed by atoms with van der Waals surface area (Å²) in [6, 6.07) is 2.78. The van der Waals surface area contributed by atoms with Crippen LogP contribution in [0.5, 0.6) is 0 Å². The Morgan fingerprint density at radius 3 is 2.89 bits per heavy atom. The van der Waals surface area contributed by atoms with Crippen LogP contribution in [0.1, 0.15) is 45.2 Å². The number of nitrogens with zero attached hydrogens (tertiary/aromatic N) is 3. The number of hydrogen-bond donors (Lipinski definition) is 1. The first-order valence-corrected chi connectivity index (χ1v) is 7.62. The van der Waals surface area contributed by atoms with Crippen LogP contribution in [0.4, 0.5) is 5.82 Å². The SMILES string of the molecule is CCCc1cc(N(CCC)CC2CCCN2)ncn1. The Balaban J connectivity index is 2.05. The van der Waals surface area contributed by atoms with Gasteiger partial charge in [0.05, 0.1) is 0 Å². The molecule has 1 aliphatic rings. The smallest absolute Gasteiger partial charge is 0.132 e. The van der Waals surface area contributed by atoms with E-state index in [1.807, 2.05) is 0 Å². The molecule has 106 valence electrons. The van der Waals surface area contributed by atoms with Crippen molar-refractivity contribution >= 4 is 5.82 Å². The summed E-state index contributed by atoms with van der Waals surface area (Å²) in [6.07, 6.45) is 7.62. The third-order valence-corrected chi connectivity index (χ3v) is 3.64. The lowest BCUT2D eigenvalue weighted by Gasteiger charge is -2.26. The summed E-state index contributed by atoms with van der Waals surface area (Å²) in [5, 5.41) is 3.57. The van der Waals surface area contributed by atoms with Gasteiger partial charge >= 0.3 is 0 Å². The van der Waals surface area contributed by atoms with Gasteiger partial charge in [-0.05, 0) is 32.2 Å². The van der Waals surface area contributed by atoms with E-state index in [4.69, 9.17) is 0 Å². The standard InChI is InChI=1S/C15H26N4/c1-3-6-13-10-15(18-12-17-13)19(9-4-2)11-14-7-5-8-16-14/h10,12,14,16H,3-9,11H2,1-2H3. The Morgan fingerprint density at radius 2 is 2.21 bits per heavy atom. The summed E-state index contributed by atoms with van der Waals surface area (Å²) in [5.41, 5.74) is 1.16. The molecule has 19 heavy (non-hydrogen) atoms. The first kappa shape index (κ1) is 14.3. The van der Waals surface area contributed by atoms with E-state index in [1.54, 1.807) is 6.33 Å². The highest BCUT2D eigenvalue weighted by Crippen LogP contribution is 2.15. The lowest BCUT2D eigenvalue weighted by atomic mass is 10.2. The highest BCUT2D eigenvalue weighted by molar-refractivity contribution is 5.39. The number of aryl methyl sites for hydroxylation is 1. The van der Waals surface area contributed by atoms with Crippen LogP contribution in [0.3, 0.4) is 0 Å². The van der Waals surface area contributed by atoms with Crippen molar-refractivity contribution in [3.63, 3.8) is 0 Å². The zero-order valence-electron chi connectivity index (χ0n) is 12.2. The van der Waals surface area contributed by atoms with Gasteiger partial charge in [-0.2, -0.15) is 0 Å². The molecule has 0 aromatic carbocycles. The second-order valence-electron chi connectivity index (χ2n) is 5.36. The minimum atomic E-state index is 0.621. The van der Waals surface area contributed by atoms with Gasteiger partial charge < -0.3 is 10.2 Å². The van der Waals surface area contributed by atoms with Gasteiger partial charge in [-0.25, -0.2) is 9.97 Å². The van der Waals surface area contributed by atoms with Crippen molar-refractivity contribution in [2.45, 2.75) is 52.0 Å². The molecule has 0 aliphatic carbocycles. The maximum absolute atomic E-state index is 4.47. The molecule has 2 heterocycles. The lowest BCUT2D eigenvalue weighted by molar-refractivity contribution is 0.574. The predicted molar refractivity (Wildman–Crippen MR) is 79.6 cm³/mol. The molecular formula is C15H26N4. The summed E-state index contributed by atoms with van der Waals surface area (Å²) in [5.74, 6) is 1.09. The number of hydrogen-bond acceptors (Lipinski definition) is 4. The molecule has 1 aliphatic heterocycles. The highest BCUT2D eigenvalue weighted by atomic mass is 15.2. The zero-order chi connectivity index (χ0) is 13.5.